The van der Waals surface area contributed by atoms with Crippen molar-refractivity contribution in [1.82, 2.24) is 0 Å². The van der Waals surface area contributed by atoms with Crippen LogP contribution in [0.25, 0.3) is 0 Å². The summed E-state index contributed by atoms with van der Waals surface area (Å²) in [5.74, 6) is -0.670. The second-order valence-electron chi connectivity index (χ2n) is 4.33. The Morgan fingerprint density at radius 2 is 1.71 bits per heavy atom. The van der Waals surface area contributed by atoms with Gasteiger partial charge in [0.1, 0.15) is 0 Å². The lowest BCUT2D eigenvalue weighted by Gasteiger charge is -2.11. The van der Waals surface area contributed by atoms with Crippen LogP contribution in [0.3, 0.4) is 0 Å². The highest BCUT2D eigenvalue weighted by molar-refractivity contribution is 7.80. The van der Waals surface area contributed by atoms with Crippen LogP contribution in [-0.4, -0.2) is 20.3 Å². The molecule has 0 heterocycles. The third-order valence-electron chi connectivity index (χ3n) is 2.89. The summed E-state index contributed by atoms with van der Waals surface area (Å²) in [6, 6.07) is 13.1. The summed E-state index contributed by atoms with van der Waals surface area (Å²) in [4.78, 5) is 24.3. The fraction of sp³-hybridized carbons (Fsp3) is 0.0667. The molecule has 1 atom stereocenters. The number of nitrogens with one attached hydrogen (secondary N) is 1. The molecule has 2 aromatic carbocycles. The average Bonchev–Trinajstić information content (AvgIpc) is 2.46. The van der Waals surface area contributed by atoms with Crippen LogP contribution in [0.1, 0.15) is 33.2 Å². The summed E-state index contributed by atoms with van der Waals surface area (Å²) in [5.41, 5.74) is 0.908. The first-order chi connectivity index (χ1) is 10.0. The molecule has 2 aromatic rings. The van der Waals surface area contributed by atoms with E-state index in [1.54, 1.807) is 36.4 Å². The van der Waals surface area contributed by atoms with E-state index in [0.717, 1.165) is 0 Å². The Hall–Kier alpha value is -2.31. The predicted octanol–water partition coefficient (Wildman–Crippen LogP) is 2.67. The molecule has 2 rings (SSSR count). The van der Waals surface area contributed by atoms with Gasteiger partial charge in [-0.1, -0.05) is 42.5 Å². The van der Waals surface area contributed by atoms with Gasteiger partial charge >= 0.3 is 0 Å². The summed E-state index contributed by atoms with van der Waals surface area (Å²) in [6.07, 6.45) is 0. The van der Waals surface area contributed by atoms with Crippen molar-refractivity contribution in [2.24, 2.45) is 0 Å². The molecule has 5 nitrogen and oxygen atoms in total. The third kappa shape index (κ3) is 3.42. The molecular weight excluding hydrogens is 290 g/mol. The van der Waals surface area contributed by atoms with Crippen molar-refractivity contribution in [2.75, 3.05) is 4.72 Å². The molecule has 0 aromatic heterocycles. The molecule has 0 fully saturated rings. The number of carbonyl (C=O) groups excluding carboxylic acids is 2. The minimum absolute atomic E-state index is 0.105. The standard InChI is InChI=1S/C15H13NO4S/c1-10(17)14-12(8-5-9-13(14)16-21(19)20)15(18)11-6-3-2-4-7-11/h2-9,16H,1H3,(H,19,20). The van der Waals surface area contributed by atoms with Gasteiger partial charge in [0.05, 0.1) is 11.3 Å². The molecule has 0 spiro atoms. The average molecular weight is 303 g/mol. The SMILES string of the molecule is CC(=O)c1c(NS(=O)O)cccc1C(=O)c1ccccc1. The summed E-state index contributed by atoms with van der Waals surface area (Å²) in [7, 11) is 0. The van der Waals surface area contributed by atoms with Gasteiger partial charge in [-0.3, -0.25) is 18.9 Å². The summed E-state index contributed by atoms with van der Waals surface area (Å²) < 4.78 is 22.1. The van der Waals surface area contributed by atoms with E-state index in [4.69, 9.17) is 4.55 Å². The van der Waals surface area contributed by atoms with Crippen LogP contribution in [-0.2, 0) is 11.3 Å². The van der Waals surface area contributed by atoms with E-state index in [0.29, 0.717) is 5.56 Å². The van der Waals surface area contributed by atoms with E-state index >= 15 is 0 Å². The highest BCUT2D eigenvalue weighted by Crippen LogP contribution is 2.23. The van der Waals surface area contributed by atoms with Crippen LogP contribution in [0.4, 0.5) is 5.69 Å². The molecule has 0 aliphatic carbocycles. The monoisotopic (exact) mass is 303 g/mol. The molecular formula is C15H13NO4S. The number of rotatable bonds is 5. The molecule has 1 unspecified atom stereocenters. The second kappa shape index (κ2) is 6.43. The Balaban J connectivity index is 2.56. The van der Waals surface area contributed by atoms with Crippen LogP contribution in [0.2, 0.25) is 0 Å². The van der Waals surface area contributed by atoms with Gasteiger partial charge in [0, 0.05) is 11.1 Å². The Morgan fingerprint density at radius 3 is 2.29 bits per heavy atom. The maximum atomic E-state index is 12.5. The molecule has 0 radical (unpaired) electrons. The number of benzene rings is 2. The van der Waals surface area contributed by atoms with Crippen LogP contribution in [0, 0.1) is 0 Å². The molecule has 2 N–H and O–H groups in total. The van der Waals surface area contributed by atoms with Gasteiger partial charge in [-0.15, -0.1) is 0 Å². The van der Waals surface area contributed by atoms with E-state index in [-0.39, 0.29) is 28.4 Å². The van der Waals surface area contributed by atoms with Crippen molar-refractivity contribution in [1.29, 1.82) is 0 Å². The van der Waals surface area contributed by atoms with Crippen molar-refractivity contribution in [3.63, 3.8) is 0 Å². The first kappa shape index (κ1) is 15.1. The van der Waals surface area contributed by atoms with Crippen LogP contribution in [0.5, 0.6) is 0 Å². The van der Waals surface area contributed by atoms with Crippen LogP contribution < -0.4 is 4.72 Å². The predicted molar refractivity (Wildman–Crippen MR) is 80.7 cm³/mol. The normalized spacial score (nSPS) is 11.7. The van der Waals surface area contributed by atoms with Gasteiger partial charge in [0.25, 0.3) is 11.3 Å². The summed E-state index contributed by atoms with van der Waals surface area (Å²) in [5, 5.41) is 0. The van der Waals surface area contributed by atoms with E-state index in [9.17, 15) is 13.8 Å². The molecule has 0 amide bonds. The minimum Gasteiger partial charge on any atom is -0.294 e. The maximum Gasteiger partial charge on any atom is 0.259 e. The van der Waals surface area contributed by atoms with E-state index in [2.05, 4.69) is 4.72 Å². The topological polar surface area (TPSA) is 83.5 Å². The third-order valence-corrected chi connectivity index (χ3v) is 3.29. The first-order valence-corrected chi connectivity index (χ1v) is 7.22. The quantitative estimate of drug-likeness (QED) is 0.657. The molecule has 0 bridgehead atoms. The molecule has 108 valence electrons. The Bertz CT molecular complexity index is 713. The summed E-state index contributed by atoms with van der Waals surface area (Å²) in [6.45, 7) is 1.31. The van der Waals surface area contributed by atoms with Crippen LogP contribution >= 0.6 is 0 Å². The number of hydrogen-bond acceptors (Lipinski definition) is 3. The Kier molecular flexibility index (Phi) is 4.62. The highest BCUT2D eigenvalue weighted by Gasteiger charge is 2.19. The second-order valence-corrected chi connectivity index (χ2v) is 5.03. The fourth-order valence-corrected chi connectivity index (χ4v) is 2.40. The highest BCUT2D eigenvalue weighted by atomic mass is 32.2. The number of hydrogen-bond donors (Lipinski definition) is 2. The number of ketones is 2. The van der Waals surface area contributed by atoms with Crippen molar-refractivity contribution < 1.29 is 18.4 Å². The molecule has 0 aliphatic heterocycles. The lowest BCUT2D eigenvalue weighted by atomic mass is 9.95. The minimum atomic E-state index is -2.32. The number of anilines is 1. The lowest BCUT2D eigenvalue weighted by molar-refractivity contribution is 0.0991. The van der Waals surface area contributed by atoms with Gasteiger partial charge in [0.2, 0.25) is 0 Å². The van der Waals surface area contributed by atoms with E-state index in [1.165, 1.54) is 19.1 Å². The van der Waals surface area contributed by atoms with Gasteiger partial charge < -0.3 is 0 Å². The smallest absolute Gasteiger partial charge is 0.259 e. The molecule has 0 aliphatic rings. The van der Waals surface area contributed by atoms with Crippen molar-refractivity contribution in [3.05, 3.63) is 65.2 Å². The van der Waals surface area contributed by atoms with Gasteiger partial charge in [-0.05, 0) is 13.0 Å². The van der Waals surface area contributed by atoms with E-state index in [1.807, 2.05) is 0 Å². The molecule has 0 saturated heterocycles. The van der Waals surface area contributed by atoms with Crippen LogP contribution in [0.15, 0.2) is 48.5 Å². The zero-order valence-electron chi connectivity index (χ0n) is 11.2. The zero-order chi connectivity index (χ0) is 15.4. The fourth-order valence-electron chi connectivity index (χ4n) is 2.04. The molecule has 6 heteroatoms. The lowest BCUT2D eigenvalue weighted by Crippen LogP contribution is -2.13. The number of carbonyl (C=O) groups is 2. The van der Waals surface area contributed by atoms with Gasteiger partial charge in [0.15, 0.2) is 11.6 Å². The first-order valence-electron chi connectivity index (χ1n) is 6.12. The van der Waals surface area contributed by atoms with Gasteiger partial charge in [-0.2, -0.15) is 0 Å². The molecule has 0 saturated carbocycles. The van der Waals surface area contributed by atoms with Gasteiger partial charge in [-0.25, -0.2) is 4.21 Å². The van der Waals surface area contributed by atoms with Crippen molar-refractivity contribution in [2.45, 2.75) is 6.92 Å². The summed E-state index contributed by atoms with van der Waals surface area (Å²) >= 11 is -2.32. The zero-order valence-corrected chi connectivity index (χ0v) is 12.0. The number of Topliss-reactive ketones (excluding diaryl/α,β-unsaturated/α-hetero) is 1. The van der Waals surface area contributed by atoms with Crippen molar-refractivity contribution >= 4 is 28.5 Å². The molecule has 21 heavy (non-hydrogen) atoms. The Morgan fingerprint density at radius 1 is 1.05 bits per heavy atom. The Labute approximate surface area is 124 Å². The van der Waals surface area contributed by atoms with E-state index < -0.39 is 11.3 Å². The largest absolute Gasteiger partial charge is 0.294 e. The van der Waals surface area contributed by atoms with Crippen molar-refractivity contribution in [3.8, 4) is 0 Å². The maximum absolute atomic E-state index is 12.5.